The summed E-state index contributed by atoms with van der Waals surface area (Å²) in [6.45, 7) is 0.589. The summed E-state index contributed by atoms with van der Waals surface area (Å²) in [6.07, 6.45) is 0.655. The summed E-state index contributed by atoms with van der Waals surface area (Å²) in [5.74, 6) is 0.640. The van der Waals surface area contributed by atoms with Crippen LogP contribution in [-0.2, 0) is 0 Å². The molecule has 1 heterocycles. The van der Waals surface area contributed by atoms with Crippen LogP contribution in [0.5, 0.6) is 5.75 Å². The lowest BCUT2D eigenvalue weighted by molar-refractivity contribution is 0.147. The SMILES string of the molecule is CN(CCOc1ccc2c(Cl)ccnc2c1)C(=O)O. The largest absolute Gasteiger partial charge is 0.492 e. The third kappa shape index (κ3) is 3.26. The van der Waals surface area contributed by atoms with Crippen LogP contribution in [0.3, 0.4) is 0 Å². The first kappa shape index (κ1) is 13.4. The van der Waals surface area contributed by atoms with Crippen molar-refractivity contribution in [3.63, 3.8) is 0 Å². The number of carbonyl (C=O) groups is 1. The fraction of sp³-hybridized carbons (Fsp3) is 0.231. The molecule has 0 spiro atoms. The summed E-state index contributed by atoms with van der Waals surface area (Å²) < 4.78 is 5.49. The van der Waals surface area contributed by atoms with Gasteiger partial charge in [0, 0.05) is 24.7 Å². The first-order valence-corrected chi connectivity index (χ1v) is 6.07. The number of hydrogen-bond donors (Lipinski definition) is 1. The quantitative estimate of drug-likeness (QED) is 0.935. The number of ether oxygens (including phenoxy) is 1. The molecule has 2 rings (SSSR count). The molecule has 2 aromatic rings. The van der Waals surface area contributed by atoms with Gasteiger partial charge in [-0.2, -0.15) is 0 Å². The van der Waals surface area contributed by atoms with Crippen LogP contribution in [0.4, 0.5) is 4.79 Å². The van der Waals surface area contributed by atoms with Gasteiger partial charge < -0.3 is 14.7 Å². The number of hydrogen-bond acceptors (Lipinski definition) is 3. The normalized spacial score (nSPS) is 10.4. The summed E-state index contributed by atoms with van der Waals surface area (Å²) in [5, 5.41) is 10.2. The standard InChI is InChI=1S/C13H13ClN2O3/c1-16(13(17)18)6-7-19-9-2-3-10-11(14)4-5-15-12(10)8-9/h2-5,8H,6-7H2,1H3,(H,17,18). The highest BCUT2D eigenvalue weighted by Crippen LogP contribution is 2.25. The van der Waals surface area contributed by atoms with E-state index in [2.05, 4.69) is 4.98 Å². The fourth-order valence-corrected chi connectivity index (χ4v) is 1.80. The highest BCUT2D eigenvalue weighted by atomic mass is 35.5. The first-order valence-electron chi connectivity index (χ1n) is 5.69. The van der Waals surface area contributed by atoms with E-state index in [0.717, 1.165) is 15.8 Å². The maximum absolute atomic E-state index is 10.6. The minimum atomic E-state index is -0.976. The van der Waals surface area contributed by atoms with Crippen LogP contribution >= 0.6 is 11.6 Å². The molecule has 0 unspecified atom stereocenters. The Morgan fingerprint density at radius 1 is 1.47 bits per heavy atom. The van der Waals surface area contributed by atoms with Gasteiger partial charge in [0.05, 0.1) is 17.1 Å². The number of aromatic nitrogens is 1. The van der Waals surface area contributed by atoms with Crippen molar-refractivity contribution < 1.29 is 14.6 Å². The highest BCUT2D eigenvalue weighted by molar-refractivity contribution is 6.35. The van der Waals surface area contributed by atoms with Crippen molar-refractivity contribution in [3.8, 4) is 5.75 Å². The van der Waals surface area contributed by atoms with E-state index in [4.69, 9.17) is 21.4 Å². The predicted molar refractivity (Wildman–Crippen MR) is 72.9 cm³/mol. The van der Waals surface area contributed by atoms with Gasteiger partial charge in [-0.15, -0.1) is 0 Å². The molecule has 0 aliphatic heterocycles. The molecule has 0 fully saturated rings. The van der Waals surface area contributed by atoms with Crippen molar-refractivity contribution in [1.82, 2.24) is 9.88 Å². The maximum Gasteiger partial charge on any atom is 0.407 e. The number of likely N-dealkylation sites (N-methyl/N-ethyl adjacent to an activating group) is 1. The van der Waals surface area contributed by atoms with Crippen molar-refractivity contribution in [1.29, 1.82) is 0 Å². The predicted octanol–water partition coefficient (Wildman–Crippen LogP) is 2.88. The highest BCUT2D eigenvalue weighted by Gasteiger charge is 2.05. The second kappa shape index (κ2) is 5.75. The molecule has 0 aliphatic rings. The van der Waals surface area contributed by atoms with Crippen LogP contribution in [0, 0.1) is 0 Å². The zero-order valence-electron chi connectivity index (χ0n) is 10.3. The van der Waals surface area contributed by atoms with E-state index in [9.17, 15) is 4.79 Å². The van der Waals surface area contributed by atoms with E-state index in [1.165, 1.54) is 7.05 Å². The van der Waals surface area contributed by atoms with Crippen molar-refractivity contribution >= 4 is 28.6 Å². The minimum absolute atomic E-state index is 0.287. The molecule has 1 amide bonds. The average Bonchev–Trinajstić information content (AvgIpc) is 2.38. The zero-order valence-corrected chi connectivity index (χ0v) is 11.1. The van der Waals surface area contributed by atoms with E-state index in [1.807, 2.05) is 6.07 Å². The monoisotopic (exact) mass is 280 g/mol. The Hall–Kier alpha value is -2.01. The van der Waals surface area contributed by atoms with Crippen LogP contribution < -0.4 is 4.74 Å². The van der Waals surface area contributed by atoms with Crippen molar-refractivity contribution in [2.45, 2.75) is 0 Å². The van der Waals surface area contributed by atoms with Crippen LogP contribution in [-0.4, -0.2) is 41.3 Å². The third-order valence-corrected chi connectivity index (χ3v) is 3.01. The van der Waals surface area contributed by atoms with Gasteiger partial charge in [0.1, 0.15) is 12.4 Å². The molecule has 1 aromatic heterocycles. The second-order valence-corrected chi connectivity index (χ2v) is 4.43. The number of rotatable bonds is 4. The Labute approximate surface area is 115 Å². The Morgan fingerprint density at radius 2 is 2.26 bits per heavy atom. The van der Waals surface area contributed by atoms with Crippen LogP contribution in [0.15, 0.2) is 30.5 Å². The Kier molecular flexibility index (Phi) is 4.06. The Balaban J connectivity index is 2.04. The Morgan fingerprint density at radius 3 is 3.00 bits per heavy atom. The smallest absolute Gasteiger partial charge is 0.407 e. The van der Waals surface area contributed by atoms with Crippen LogP contribution in [0.2, 0.25) is 5.02 Å². The number of carboxylic acid groups (broad SMARTS) is 1. The van der Waals surface area contributed by atoms with E-state index in [-0.39, 0.29) is 6.61 Å². The van der Waals surface area contributed by atoms with Crippen LogP contribution in [0.25, 0.3) is 10.9 Å². The molecule has 0 radical (unpaired) electrons. The van der Waals surface area contributed by atoms with Gasteiger partial charge in [-0.1, -0.05) is 11.6 Å². The lowest BCUT2D eigenvalue weighted by atomic mass is 10.2. The molecule has 0 bridgehead atoms. The molecule has 1 aromatic carbocycles. The van der Waals surface area contributed by atoms with E-state index >= 15 is 0 Å². The molecule has 6 heteroatoms. The molecule has 1 N–H and O–H groups in total. The topological polar surface area (TPSA) is 62.7 Å². The van der Waals surface area contributed by atoms with Crippen molar-refractivity contribution in [3.05, 3.63) is 35.5 Å². The Bertz CT molecular complexity index is 603. The summed E-state index contributed by atoms with van der Waals surface area (Å²) in [5.41, 5.74) is 0.747. The number of benzene rings is 1. The van der Waals surface area contributed by atoms with E-state index < -0.39 is 6.09 Å². The van der Waals surface area contributed by atoms with Gasteiger partial charge in [0.25, 0.3) is 0 Å². The minimum Gasteiger partial charge on any atom is -0.492 e. The molecule has 0 saturated carbocycles. The van der Waals surface area contributed by atoms with Gasteiger partial charge in [-0.3, -0.25) is 4.98 Å². The van der Waals surface area contributed by atoms with Gasteiger partial charge in [-0.05, 0) is 18.2 Å². The molecule has 19 heavy (non-hydrogen) atoms. The van der Waals surface area contributed by atoms with Gasteiger partial charge in [0.2, 0.25) is 0 Å². The summed E-state index contributed by atoms with van der Waals surface area (Å²) in [7, 11) is 1.49. The molecule has 0 atom stereocenters. The number of amides is 1. The molecule has 0 saturated heterocycles. The van der Waals surface area contributed by atoms with Crippen molar-refractivity contribution in [2.75, 3.05) is 20.2 Å². The summed E-state index contributed by atoms with van der Waals surface area (Å²) in [6, 6.07) is 7.13. The molecule has 0 aliphatic carbocycles. The number of nitrogens with zero attached hydrogens (tertiary/aromatic N) is 2. The average molecular weight is 281 g/mol. The van der Waals surface area contributed by atoms with Crippen LogP contribution in [0.1, 0.15) is 0 Å². The van der Waals surface area contributed by atoms with E-state index in [0.29, 0.717) is 17.3 Å². The third-order valence-electron chi connectivity index (χ3n) is 2.68. The second-order valence-electron chi connectivity index (χ2n) is 4.02. The van der Waals surface area contributed by atoms with Crippen molar-refractivity contribution in [2.24, 2.45) is 0 Å². The maximum atomic E-state index is 10.6. The summed E-state index contributed by atoms with van der Waals surface area (Å²) in [4.78, 5) is 16.0. The molecular weight excluding hydrogens is 268 g/mol. The number of halogens is 1. The molecular formula is C13H13ClN2O3. The van der Waals surface area contributed by atoms with Gasteiger partial charge >= 0.3 is 6.09 Å². The molecule has 5 nitrogen and oxygen atoms in total. The lowest BCUT2D eigenvalue weighted by Crippen LogP contribution is -2.29. The number of fused-ring (bicyclic) bond motifs is 1. The van der Waals surface area contributed by atoms with Gasteiger partial charge in [-0.25, -0.2) is 4.79 Å². The van der Waals surface area contributed by atoms with Gasteiger partial charge in [0.15, 0.2) is 0 Å². The first-order chi connectivity index (χ1) is 9.08. The number of pyridine rings is 1. The van der Waals surface area contributed by atoms with E-state index in [1.54, 1.807) is 24.4 Å². The zero-order chi connectivity index (χ0) is 13.8. The molecule has 100 valence electrons. The fourth-order valence-electron chi connectivity index (χ4n) is 1.58. The summed E-state index contributed by atoms with van der Waals surface area (Å²) >= 11 is 6.04. The lowest BCUT2D eigenvalue weighted by Gasteiger charge is -2.13.